The van der Waals surface area contributed by atoms with Gasteiger partial charge in [0.15, 0.2) is 5.82 Å². The number of aromatic nitrogens is 2. The quantitative estimate of drug-likeness (QED) is 0.660. The van der Waals surface area contributed by atoms with Gasteiger partial charge in [-0.1, -0.05) is 27.2 Å². The van der Waals surface area contributed by atoms with Crippen LogP contribution in [0.3, 0.4) is 0 Å². The molecule has 2 aromatic rings. The van der Waals surface area contributed by atoms with Crippen LogP contribution in [0.5, 0.6) is 0 Å². The summed E-state index contributed by atoms with van der Waals surface area (Å²) in [7, 11) is 0. The lowest BCUT2D eigenvalue weighted by atomic mass is 10.0. The number of hydrogen-bond acceptors (Lipinski definition) is 5. The SMILES string of the molecule is CCCc1c(C(C)C)nc2n(c1=O)N=C(C)C2=Nc1ccc(N(CC)CC)cc1C. The fraction of sp³-hybridized carbons (Fsp3) is 0.500. The van der Waals surface area contributed by atoms with Crippen molar-refractivity contribution in [2.75, 3.05) is 18.0 Å². The minimum absolute atomic E-state index is 0.0660. The van der Waals surface area contributed by atoms with Gasteiger partial charge >= 0.3 is 0 Å². The summed E-state index contributed by atoms with van der Waals surface area (Å²) < 4.78 is 1.44. The van der Waals surface area contributed by atoms with E-state index in [9.17, 15) is 4.79 Å². The van der Waals surface area contributed by atoms with Crippen molar-refractivity contribution in [1.82, 2.24) is 9.66 Å². The summed E-state index contributed by atoms with van der Waals surface area (Å²) in [5.41, 5.74) is 6.12. The van der Waals surface area contributed by atoms with Gasteiger partial charge in [-0.25, -0.2) is 9.98 Å². The van der Waals surface area contributed by atoms with Crippen LogP contribution in [0.15, 0.2) is 33.1 Å². The van der Waals surface area contributed by atoms with Gasteiger partial charge in [0.05, 0.1) is 17.1 Å². The first-order valence-corrected chi connectivity index (χ1v) is 11.0. The average molecular weight is 408 g/mol. The number of rotatable bonds is 7. The molecule has 0 atom stereocenters. The molecule has 0 saturated heterocycles. The molecule has 0 spiro atoms. The van der Waals surface area contributed by atoms with E-state index in [1.807, 2.05) is 13.0 Å². The predicted molar refractivity (Wildman–Crippen MR) is 126 cm³/mol. The van der Waals surface area contributed by atoms with Crippen LogP contribution in [-0.4, -0.2) is 34.2 Å². The zero-order valence-corrected chi connectivity index (χ0v) is 19.3. The minimum Gasteiger partial charge on any atom is -0.372 e. The average Bonchev–Trinajstić information content (AvgIpc) is 3.02. The smallest absolute Gasteiger partial charge is 0.277 e. The topological polar surface area (TPSA) is 62.9 Å². The van der Waals surface area contributed by atoms with E-state index in [2.05, 4.69) is 63.7 Å². The molecule has 0 aliphatic carbocycles. The monoisotopic (exact) mass is 407 g/mol. The molecule has 1 aromatic heterocycles. The van der Waals surface area contributed by atoms with Crippen LogP contribution >= 0.6 is 0 Å². The van der Waals surface area contributed by atoms with Crippen LogP contribution in [0.25, 0.3) is 0 Å². The zero-order chi connectivity index (χ0) is 22.0. The second-order valence-corrected chi connectivity index (χ2v) is 8.11. The van der Waals surface area contributed by atoms with Gasteiger partial charge in [-0.15, -0.1) is 0 Å². The number of aliphatic imine (C=N–C) groups is 1. The fourth-order valence-electron chi connectivity index (χ4n) is 3.93. The Morgan fingerprint density at radius 1 is 1.13 bits per heavy atom. The predicted octanol–water partition coefficient (Wildman–Crippen LogP) is 4.83. The highest BCUT2D eigenvalue weighted by molar-refractivity contribution is 6.48. The number of nitrogens with zero attached hydrogens (tertiary/aromatic N) is 5. The molecule has 0 amide bonds. The Bertz CT molecular complexity index is 1060. The summed E-state index contributed by atoms with van der Waals surface area (Å²) in [6, 6.07) is 6.31. The molecule has 0 radical (unpaired) electrons. The number of hydrogen-bond donors (Lipinski definition) is 0. The Balaban J connectivity index is 2.12. The van der Waals surface area contributed by atoms with Crippen LogP contribution in [-0.2, 0) is 6.42 Å². The lowest BCUT2D eigenvalue weighted by molar-refractivity contribution is 0.704. The second-order valence-electron chi connectivity index (χ2n) is 8.11. The summed E-state index contributed by atoms with van der Waals surface area (Å²) in [5.74, 6) is 0.718. The van der Waals surface area contributed by atoms with Crippen molar-refractivity contribution in [2.45, 2.75) is 67.2 Å². The first kappa shape index (κ1) is 21.9. The molecule has 1 aromatic carbocycles. The Morgan fingerprint density at radius 2 is 1.83 bits per heavy atom. The van der Waals surface area contributed by atoms with E-state index in [0.717, 1.165) is 47.7 Å². The van der Waals surface area contributed by atoms with Gasteiger partial charge in [-0.3, -0.25) is 4.79 Å². The molecule has 2 heterocycles. The Labute approximate surface area is 179 Å². The van der Waals surface area contributed by atoms with Gasteiger partial charge in [-0.05, 0) is 63.8 Å². The minimum atomic E-state index is -0.0660. The Kier molecular flexibility index (Phi) is 6.54. The van der Waals surface area contributed by atoms with Crippen molar-refractivity contribution in [2.24, 2.45) is 10.1 Å². The van der Waals surface area contributed by atoms with Crippen LogP contribution < -0.4 is 10.5 Å². The fourth-order valence-corrected chi connectivity index (χ4v) is 3.93. The molecule has 3 rings (SSSR count). The van der Waals surface area contributed by atoms with Gasteiger partial charge in [0.2, 0.25) is 0 Å². The first-order chi connectivity index (χ1) is 14.3. The normalized spacial score (nSPS) is 14.4. The summed E-state index contributed by atoms with van der Waals surface area (Å²) in [5, 5.41) is 4.49. The third-order valence-corrected chi connectivity index (χ3v) is 5.58. The molecule has 0 N–H and O–H groups in total. The van der Waals surface area contributed by atoms with E-state index in [0.29, 0.717) is 18.0 Å². The number of benzene rings is 1. The van der Waals surface area contributed by atoms with E-state index in [-0.39, 0.29) is 11.5 Å². The molecule has 6 nitrogen and oxygen atoms in total. The molecule has 6 heteroatoms. The molecule has 1 aliphatic rings. The number of fused-ring (bicyclic) bond motifs is 1. The van der Waals surface area contributed by atoms with Crippen molar-refractivity contribution in [3.05, 3.63) is 51.2 Å². The van der Waals surface area contributed by atoms with Crippen molar-refractivity contribution < 1.29 is 0 Å². The second kappa shape index (κ2) is 8.94. The standard InChI is InChI=1S/C24H33N5O/c1-8-11-19-21(15(4)5)26-23-22(17(7)27-29(23)24(19)30)25-20-13-12-18(14-16(20)6)28(9-2)10-3/h12-15H,8-11H2,1-7H3. The highest BCUT2D eigenvalue weighted by Crippen LogP contribution is 2.27. The van der Waals surface area contributed by atoms with Crippen molar-refractivity contribution >= 4 is 22.8 Å². The van der Waals surface area contributed by atoms with Gasteiger partial charge in [-0.2, -0.15) is 9.78 Å². The van der Waals surface area contributed by atoms with Crippen LogP contribution in [0.1, 0.15) is 76.5 Å². The third kappa shape index (κ3) is 3.95. The van der Waals surface area contributed by atoms with Crippen LogP contribution in [0.2, 0.25) is 0 Å². The largest absolute Gasteiger partial charge is 0.372 e. The van der Waals surface area contributed by atoms with Crippen molar-refractivity contribution in [3.8, 4) is 0 Å². The highest BCUT2D eigenvalue weighted by atomic mass is 16.1. The maximum absolute atomic E-state index is 13.1. The molecule has 0 bridgehead atoms. The van der Waals surface area contributed by atoms with Gasteiger partial charge in [0, 0.05) is 24.3 Å². The number of anilines is 1. The molecular weight excluding hydrogens is 374 g/mol. The van der Waals surface area contributed by atoms with E-state index in [4.69, 9.17) is 9.98 Å². The summed E-state index contributed by atoms with van der Waals surface area (Å²) in [4.78, 5) is 25.2. The first-order valence-electron chi connectivity index (χ1n) is 11.0. The van der Waals surface area contributed by atoms with Crippen LogP contribution in [0, 0.1) is 6.92 Å². The Morgan fingerprint density at radius 3 is 2.40 bits per heavy atom. The van der Waals surface area contributed by atoms with Gasteiger partial charge in [0.25, 0.3) is 5.56 Å². The molecule has 0 saturated carbocycles. The molecule has 160 valence electrons. The van der Waals surface area contributed by atoms with Crippen molar-refractivity contribution in [3.63, 3.8) is 0 Å². The van der Waals surface area contributed by atoms with E-state index in [1.54, 1.807) is 0 Å². The molecular formula is C24H33N5O. The summed E-state index contributed by atoms with van der Waals surface area (Å²) >= 11 is 0. The van der Waals surface area contributed by atoms with E-state index >= 15 is 0 Å². The lowest BCUT2D eigenvalue weighted by Gasteiger charge is -2.21. The van der Waals surface area contributed by atoms with Crippen molar-refractivity contribution in [1.29, 1.82) is 0 Å². The highest BCUT2D eigenvalue weighted by Gasteiger charge is 2.27. The van der Waals surface area contributed by atoms with Crippen LogP contribution in [0.4, 0.5) is 11.4 Å². The van der Waals surface area contributed by atoms with Gasteiger partial charge < -0.3 is 4.90 Å². The maximum atomic E-state index is 13.1. The maximum Gasteiger partial charge on any atom is 0.277 e. The van der Waals surface area contributed by atoms with E-state index < -0.39 is 0 Å². The lowest BCUT2D eigenvalue weighted by Crippen LogP contribution is -2.27. The molecule has 30 heavy (non-hydrogen) atoms. The molecule has 1 aliphatic heterocycles. The van der Waals surface area contributed by atoms with E-state index in [1.165, 1.54) is 10.4 Å². The third-order valence-electron chi connectivity index (χ3n) is 5.58. The Hall–Kier alpha value is -2.76. The number of aryl methyl sites for hydroxylation is 1. The molecule has 0 unspecified atom stereocenters. The molecule has 0 fully saturated rings. The zero-order valence-electron chi connectivity index (χ0n) is 19.3. The summed E-state index contributed by atoms with van der Waals surface area (Å²) in [6.07, 6.45) is 1.62. The van der Waals surface area contributed by atoms with Gasteiger partial charge in [0.1, 0.15) is 5.71 Å². The summed E-state index contributed by atoms with van der Waals surface area (Å²) in [6.45, 7) is 16.4.